The second-order valence-electron chi connectivity index (χ2n) is 5.30. The smallest absolute Gasteiger partial charge is 0.294 e. The highest BCUT2D eigenvalue weighted by Gasteiger charge is 2.21. The SMILES string of the molecule is CCN1CCC(CNc2cc(F)c(Cl)cc2[N+](=O)[O-])CC1. The van der Waals surface area contributed by atoms with E-state index in [-0.39, 0.29) is 16.4 Å². The fourth-order valence-corrected chi connectivity index (χ4v) is 2.75. The molecule has 1 N–H and O–H groups in total. The van der Waals surface area contributed by atoms with Gasteiger partial charge in [-0.3, -0.25) is 10.1 Å². The molecule has 2 rings (SSSR count). The molecule has 0 aliphatic carbocycles. The summed E-state index contributed by atoms with van der Waals surface area (Å²) in [5.41, 5.74) is 0.00668. The lowest BCUT2D eigenvalue weighted by Crippen LogP contribution is -2.35. The lowest BCUT2D eigenvalue weighted by molar-refractivity contribution is -0.384. The van der Waals surface area contributed by atoms with Gasteiger partial charge < -0.3 is 10.2 Å². The van der Waals surface area contributed by atoms with E-state index >= 15 is 0 Å². The van der Waals surface area contributed by atoms with E-state index in [1.807, 2.05) is 0 Å². The molecule has 7 heteroatoms. The van der Waals surface area contributed by atoms with Gasteiger partial charge in [-0.1, -0.05) is 18.5 Å². The van der Waals surface area contributed by atoms with Gasteiger partial charge in [0.25, 0.3) is 5.69 Å². The molecule has 1 aromatic carbocycles. The van der Waals surface area contributed by atoms with E-state index in [4.69, 9.17) is 11.6 Å². The average molecular weight is 316 g/mol. The number of hydrogen-bond acceptors (Lipinski definition) is 4. The predicted molar refractivity (Wildman–Crippen MR) is 81.4 cm³/mol. The number of piperidine rings is 1. The number of nitro benzene ring substituents is 1. The fourth-order valence-electron chi connectivity index (χ4n) is 2.59. The van der Waals surface area contributed by atoms with Gasteiger partial charge in [-0.2, -0.15) is 0 Å². The molecule has 0 atom stereocenters. The number of benzene rings is 1. The third kappa shape index (κ3) is 4.04. The van der Waals surface area contributed by atoms with Crippen molar-refractivity contribution in [1.29, 1.82) is 0 Å². The summed E-state index contributed by atoms with van der Waals surface area (Å²) >= 11 is 5.60. The number of rotatable bonds is 5. The summed E-state index contributed by atoms with van der Waals surface area (Å²) in [6.45, 7) is 5.88. The van der Waals surface area contributed by atoms with E-state index in [2.05, 4.69) is 17.1 Å². The molecule has 1 aliphatic heterocycles. The maximum atomic E-state index is 13.5. The van der Waals surface area contributed by atoms with Gasteiger partial charge in [-0.05, 0) is 38.4 Å². The first-order chi connectivity index (χ1) is 10.0. The first-order valence-electron chi connectivity index (χ1n) is 7.11. The highest BCUT2D eigenvalue weighted by Crippen LogP contribution is 2.31. The molecule has 1 heterocycles. The Morgan fingerprint density at radius 2 is 2.14 bits per heavy atom. The van der Waals surface area contributed by atoms with Crippen molar-refractivity contribution < 1.29 is 9.31 Å². The molecule has 0 spiro atoms. The van der Waals surface area contributed by atoms with Gasteiger partial charge in [0.2, 0.25) is 0 Å². The van der Waals surface area contributed by atoms with E-state index in [9.17, 15) is 14.5 Å². The van der Waals surface area contributed by atoms with Crippen LogP contribution in [0.15, 0.2) is 12.1 Å². The quantitative estimate of drug-likeness (QED) is 0.667. The molecule has 1 saturated heterocycles. The molecule has 1 aliphatic rings. The molecule has 0 aromatic heterocycles. The molecule has 0 bridgehead atoms. The normalized spacial score (nSPS) is 16.9. The van der Waals surface area contributed by atoms with E-state index in [0.717, 1.165) is 44.6 Å². The number of halogens is 2. The van der Waals surface area contributed by atoms with Crippen molar-refractivity contribution in [1.82, 2.24) is 4.90 Å². The molecular weight excluding hydrogens is 297 g/mol. The summed E-state index contributed by atoms with van der Waals surface area (Å²) in [6.07, 6.45) is 2.09. The monoisotopic (exact) mass is 315 g/mol. The van der Waals surface area contributed by atoms with Crippen molar-refractivity contribution in [2.75, 3.05) is 31.5 Å². The van der Waals surface area contributed by atoms with Crippen molar-refractivity contribution in [3.63, 3.8) is 0 Å². The average Bonchev–Trinajstić information content (AvgIpc) is 2.48. The van der Waals surface area contributed by atoms with Crippen LogP contribution in [0.4, 0.5) is 15.8 Å². The zero-order chi connectivity index (χ0) is 15.4. The van der Waals surface area contributed by atoms with Crippen LogP contribution in [0.1, 0.15) is 19.8 Å². The third-order valence-corrected chi connectivity index (χ3v) is 4.26. The Labute approximate surface area is 128 Å². The maximum absolute atomic E-state index is 13.5. The van der Waals surface area contributed by atoms with E-state index in [1.54, 1.807) is 0 Å². The minimum atomic E-state index is -0.648. The summed E-state index contributed by atoms with van der Waals surface area (Å²) in [5, 5.41) is 13.8. The molecule has 0 unspecified atom stereocenters. The molecule has 21 heavy (non-hydrogen) atoms. The standard InChI is InChI=1S/C14H19ClFN3O2/c1-2-18-5-3-10(4-6-18)9-17-13-8-12(16)11(15)7-14(13)19(20)21/h7-8,10,17H,2-6,9H2,1H3. The second kappa shape index (κ2) is 7.04. The molecule has 0 radical (unpaired) electrons. The van der Waals surface area contributed by atoms with Gasteiger partial charge in [0.15, 0.2) is 0 Å². The van der Waals surface area contributed by atoms with Crippen molar-refractivity contribution in [2.24, 2.45) is 5.92 Å². The Morgan fingerprint density at radius 1 is 1.48 bits per heavy atom. The molecule has 5 nitrogen and oxygen atoms in total. The second-order valence-corrected chi connectivity index (χ2v) is 5.71. The van der Waals surface area contributed by atoms with Crippen molar-refractivity contribution in [3.05, 3.63) is 33.1 Å². The number of anilines is 1. The maximum Gasteiger partial charge on any atom is 0.294 e. The van der Waals surface area contributed by atoms with Crippen LogP contribution in [0.25, 0.3) is 0 Å². The zero-order valence-electron chi connectivity index (χ0n) is 11.9. The number of hydrogen-bond donors (Lipinski definition) is 1. The molecule has 116 valence electrons. The van der Waals surface area contributed by atoms with Crippen LogP contribution in [0.5, 0.6) is 0 Å². The van der Waals surface area contributed by atoms with Crippen LogP contribution in [-0.4, -0.2) is 36.0 Å². The van der Waals surface area contributed by atoms with Crippen LogP contribution in [-0.2, 0) is 0 Å². The first kappa shape index (κ1) is 16.0. The Morgan fingerprint density at radius 3 is 2.71 bits per heavy atom. The highest BCUT2D eigenvalue weighted by molar-refractivity contribution is 6.31. The lowest BCUT2D eigenvalue weighted by Gasteiger charge is -2.31. The Balaban J connectivity index is 2.00. The number of nitrogens with one attached hydrogen (secondary N) is 1. The molecule has 0 saturated carbocycles. The van der Waals surface area contributed by atoms with E-state index in [0.29, 0.717) is 12.5 Å². The van der Waals surface area contributed by atoms with Gasteiger partial charge in [-0.25, -0.2) is 4.39 Å². The number of nitrogens with zero attached hydrogens (tertiary/aromatic N) is 2. The Hall–Kier alpha value is -1.40. The molecule has 1 fully saturated rings. The van der Waals surface area contributed by atoms with Crippen LogP contribution < -0.4 is 5.32 Å². The van der Waals surface area contributed by atoms with Crippen LogP contribution in [0, 0.1) is 21.8 Å². The Kier molecular flexibility index (Phi) is 5.36. The van der Waals surface area contributed by atoms with E-state index < -0.39 is 10.7 Å². The topological polar surface area (TPSA) is 58.4 Å². The predicted octanol–water partition coefficient (Wildman–Crippen LogP) is 3.53. The Bertz CT molecular complexity index is 519. The van der Waals surface area contributed by atoms with Crippen molar-refractivity contribution in [3.8, 4) is 0 Å². The summed E-state index contributed by atoms with van der Waals surface area (Å²) in [6, 6.07) is 2.15. The van der Waals surface area contributed by atoms with Crippen LogP contribution in [0.2, 0.25) is 5.02 Å². The summed E-state index contributed by atoms with van der Waals surface area (Å²) < 4.78 is 13.5. The number of nitro groups is 1. The van der Waals surface area contributed by atoms with Gasteiger partial charge in [0.1, 0.15) is 11.5 Å². The van der Waals surface area contributed by atoms with Crippen molar-refractivity contribution >= 4 is 23.0 Å². The van der Waals surface area contributed by atoms with Crippen LogP contribution in [0.3, 0.4) is 0 Å². The summed E-state index contributed by atoms with van der Waals surface area (Å²) in [7, 11) is 0. The largest absolute Gasteiger partial charge is 0.379 e. The van der Waals surface area contributed by atoms with E-state index in [1.165, 1.54) is 0 Å². The minimum Gasteiger partial charge on any atom is -0.379 e. The summed E-state index contributed by atoms with van der Waals surface area (Å²) in [4.78, 5) is 12.8. The molecule has 0 amide bonds. The number of likely N-dealkylation sites (tertiary alicyclic amines) is 1. The first-order valence-corrected chi connectivity index (χ1v) is 7.48. The molecular formula is C14H19ClFN3O2. The molecule has 1 aromatic rings. The zero-order valence-corrected chi connectivity index (χ0v) is 12.7. The van der Waals surface area contributed by atoms with Gasteiger partial charge >= 0.3 is 0 Å². The lowest BCUT2D eigenvalue weighted by atomic mass is 9.96. The highest BCUT2D eigenvalue weighted by atomic mass is 35.5. The third-order valence-electron chi connectivity index (χ3n) is 3.97. The van der Waals surface area contributed by atoms with Gasteiger partial charge in [0.05, 0.1) is 9.95 Å². The van der Waals surface area contributed by atoms with Crippen LogP contribution >= 0.6 is 11.6 Å². The summed E-state index contributed by atoms with van der Waals surface area (Å²) in [5.74, 6) is -0.197. The van der Waals surface area contributed by atoms with Gasteiger partial charge in [0, 0.05) is 18.7 Å². The minimum absolute atomic E-state index is 0.188. The fraction of sp³-hybridized carbons (Fsp3) is 0.571. The van der Waals surface area contributed by atoms with Crippen molar-refractivity contribution in [2.45, 2.75) is 19.8 Å². The van der Waals surface area contributed by atoms with Gasteiger partial charge in [-0.15, -0.1) is 0 Å².